The third kappa shape index (κ3) is 2.38. The first kappa shape index (κ1) is 13.7. The van der Waals surface area contributed by atoms with Crippen LogP contribution in [0.2, 0.25) is 5.15 Å². The van der Waals surface area contributed by atoms with Gasteiger partial charge in [-0.05, 0) is 31.9 Å². The summed E-state index contributed by atoms with van der Waals surface area (Å²) in [6, 6.07) is 0.0151. The van der Waals surface area contributed by atoms with E-state index in [9.17, 15) is 9.59 Å². The van der Waals surface area contributed by atoms with Gasteiger partial charge in [-0.3, -0.25) is 14.3 Å². The summed E-state index contributed by atoms with van der Waals surface area (Å²) in [6.07, 6.45) is 5.43. The highest BCUT2D eigenvalue weighted by Gasteiger charge is 2.28. The highest BCUT2D eigenvalue weighted by Crippen LogP contribution is 2.34. The molecule has 0 bridgehead atoms. The van der Waals surface area contributed by atoms with Crippen LogP contribution in [0.15, 0.2) is 9.59 Å². The van der Waals surface area contributed by atoms with E-state index in [-0.39, 0.29) is 22.4 Å². The van der Waals surface area contributed by atoms with Crippen molar-refractivity contribution in [2.24, 2.45) is 0 Å². The van der Waals surface area contributed by atoms with Crippen molar-refractivity contribution in [3.8, 4) is 0 Å². The topological polar surface area (TPSA) is 54.9 Å². The van der Waals surface area contributed by atoms with E-state index in [4.69, 9.17) is 11.6 Å². The molecule has 0 spiro atoms. The van der Waals surface area contributed by atoms with Gasteiger partial charge in [-0.25, -0.2) is 4.79 Å². The number of H-pyrrole nitrogens is 1. The summed E-state index contributed by atoms with van der Waals surface area (Å²) in [6.45, 7) is 1.87. The van der Waals surface area contributed by atoms with Gasteiger partial charge < -0.3 is 0 Å². The zero-order valence-corrected chi connectivity index (χ0v) is 12.1. The smallest absolute Gasteiger partial charge is 0.297 e. The van der Waals surface area contributed by atoms with Gasteiger partial charge in [-0.15, -0.1) is 0 Å². The summed E-state index contributed by atoms with van der Waals surface area (Å²) in [4.78, 5) is 26.8. The Labute approximate surface area is 115 Å². The van der Waals surface area contributed by atoms with Crippen molar-refractivity contribution in [2.45, 2.75) is 43.9 Å². The zero-order chi connectivity index (χ0) is 13.3. The number of hydrogen-bond donors (Lipinski definition) is 1. The van der Waals surface area contributed by atoms with Gasteiger partial charge in [0.25, 0.3) is 5.56 Å². The minimum Gasteiger partial charge on any atom is -0.297 e. The normalized spacial score (nSPS) is 23.5. The molecule has 4 nitrogen and oxygen atoms in total. The summed E-state index contributed by atoms with van der Waals surface area (Å²) in [5, 5.41) is 0.727. The lowest BCUT2D eigenvalue weighted by molar-refractivity contribution is 0.476. The van der Waals surface area contributed by atoms with Gasteiger partial charge in [0.2, 0.25) is 0 Å². The Hall–Kier alpha value is -0.680. The molecule has 0 radical (unpaired) electrons. The molecule has 2 atom stereocenters. The van der Waals surface area contributed by atoms with E-state index in [2.05, 4.69) is 11.2 Å². The average molecular weight is 289 g/mol. The highest BCUT2D eigenvalue weighted by molar-refractivity contribution is 7.99. The molecule has 18 heavy (non-hydrogen) atoms. The molecule has 1 N–H and O–H groups in total. The maximum absolute atomic E-state index is 12.3. The largest absolute Gasteiger partial charge is 0.329 e. The second kappa shape index (κ2) is 5.53. The van der Waals surface area contributed by atoms with Crippen molar-refractivity contribution in [2.75, 3.05) is 6.26 Å². The van der Waals surface area contributed by atoms with Crippen LogP contribution in [0.5, 0.6) is 0 Å². The molecule has 0 saturated heterocycles. The Morgan fingerprint density at radius 1 is 1.44 bits per heavy atom. The Kier molecular flexibility index (Phi) is 4.22. The summed E-state index contributed by atoms with van der Waals surface area (Å²) < 4.78 is 1.36. The van der Waals surface area contributed by atoms with Crippen LogP contribution < -0.4 is 11.2 Å². The number of rotatable bonds is 3. The SMILES string of the molecule is CCc1c(Cl)[nH]c(=O)n(C2CCC(SC)C2)c1=O. The van der Waals surface area contributed by atoms with E-state index in [1.54, 1.807) is 11.8 Å². The first-order chi connectivity index (χ1) is 8.58. The molecule has 1 heterocycles. The quantitative estimate of drug-likeness (QED) is 0.868. The Morgan fingerprint density at radius 3 is 2.72 bits per heavy atom. The van der Waals surface area contributed by atoms with E-state index in [0.29, 0.717) is 17.2 Å². The van der Waals surface area contributed by atoms with Gasteiger partial charge in [0.05, 0.1) is 5.56 Å². The minimum atomic E-state index is -0.381. The second-order valence-electron chi connectivity index (χ2n) is 4.58. The van der Waals surface area contributed by atoms with Crippen LogP contribution in [0.4, 0.5) is 0 Å². The fraction of sp³-hybridized carbons (Fsp3) is 0.667. The van der Waals surface area contributed by atoms with Gasteiger partial charge in [0, 0.05) is 11.3 Å². The van der Waals surface area contributed by atoms with Crippen molar-refractivity contribution < 1.29 is 0 Å². The maximum Gasteiger partial charge on any atom is 0.329 e. The standard InChI is InChI=1S/C12H17ClN2O2S/c1-3-9-10(13)14-12(17)15(11(9)16)7-4-5-8(6-7)18-2/h7-8H,3-6H2,1-2H3,(H,14,17). The first-order valence-corrected chi connectivity index (χ1v) is 7.81. The number of aromatic nitrogens is 2. The molecule has 1 fully saturated rings. The molecule has 2 unspecified atom stereocenters. The lowest BCUT2D eigenvalue weighted by Crippen LogP contribution is -2.39. The Balaban J connectivity index is 2.46. The number of nitrogens with zero attached hydrogens (tertiary/aromatic N) is 1. The molecule has 100 valence electrons. The predicted octanol–water partition coefficient (Wildman–Crippen LogP) is 2.21. The molecule has 6 heteroatoms. The lowest BCUT2D eigenvalue weighted by atomic mass is 10.2. The van der Waals surface area contributed by atoms with E-state index in [1.165, 1.54) is 4.57 Å². The Morgan fingerprint density at radius 2 is 2.17 bits per heavy atom. The van der Waals surface area contributed by atoms with Crippen LogP contribution in [0.1, 0.15) is 37.8 Å². The van der Waals surface area contributed by atoms with E-state index >= 15 is 0 Å². The van der Waals surface area contributed by atoms with Gasteiger partial charge in [-0.1, -0.05) is 18.5 Å². The van der Waals surface area contributed by atoms with Gasteiger partial charge in [0.1, 0.15) is 5.15 Å². The summed E-state index contributed by atoms with van der Waals surface area (Å²) in [7, 11) is 0. The zero-order valence-electron chi connectivity index (χ0n) is 10.5. The van der Waals surface area contributed by atoms with E-state index < -0.39 is 0 Å². The molecule has 1 aromatic rings. The van der Waals surface area contributed by atoms with Crippen molar-refractivity contribution >= 4 is 23.4 Å². The average Bonchev–Trinajstić information content (AvgIpc) is 2.77. The molecule has 1 saturated carbocycles. The molecule has 0 aromatic carbocycles. The number of aromatic amines is 1. The van der Waals surface area contributed by atoms with Crippen LogP contribution in [-0.4, -0.2) is 21.1 Å². The fourth-order valence-electron chi connectivity index (χ4n) is 2.57. The second-order valence-corrected chi connectivity index (χ2v) is 6.09. The van der Waals surface area contributed by atoms with Gasteiger partial charge in [-0.2, -0.15) is 11.8 Å². The minimum absolute atomic E-state index is 0.0151. The molecule has 1 aliphatic carbocycles. The third-order valence-corrected chi connectivity index (χ3v) is 5.00. The molecular formula is C12H17ClN2O2S. The molecule has 0 aliphatic heterocycles. The molecule has 1 aromatic heterocycles. The number of hydrogen-bond acceptors (Lipinski definition) is 3. The summed E-state index contributed by atoms with van der Waals surface area (Å²) >= 11 is 7.70. The van der Waals surface area contributed by atoms with Crippen molar-refractivity contribution in [3.63, 3.8) is 0 Å². The predicted molar refractivity (Wildman–Crippen MR) is 75.9 cm³/mol. The number of nitrogens with one attached hydrogen (secondary N) is 1. The summed E-state index contributed by atoms with van der Waals surface area (Å²) in [5.74, 6) is 0. The third-order valence-electron chi connectivity index (χ3n) is 3.59. The van der Waals surface area contributed by atoms with Crippen molar-refractivity contribution in [1.82, 2.24) is 9.55 Å². The molecule has 0 amide bonds. The van der Waals surface area contributed by atoms with Crippen molar-refractivity contribution in [3.05, 3.63) is 31.6 Å². The Bertz CT molecular complexity index is 552. The number of halogens is 1. The summed E-state index contributed by atoms with van der Waals surface area (Å²) in [5.41, 5.74) is -0.101. The van der Waals surface area contributed by atoms with Crippen LogP contribution in [0.25, 0.3) is 0 Å². The molecule has 1 aliphatic rings. The van der Waals surface area contributed by atoms with Crippen molar-refractivity contribution in [1.29, 1.82) is 0 Å². The van der Waals surface area contributed by atoms with E-state index in [1.807, 2.05) is 6.92 Å². The van der Waals surface area contributed by atoms with Crippen LogP contribution >= 0.6 is 23.4 Å². The first-order valence-electron chi connectivity index (χ1n) is 6.14. The lowest BCUT2D eigenvalue weighted by Gasteiger charge is -2.14. The molecule has 2 rings (SSSR count). The van der Waals surface area contributed by atoms with Gasteiger partial charge in [0.15, 0.2) is 0 Å². The maximum atomic E-state index is 12.3. The van der Waals surface area contributed by atoms with Crippen LogP contribution in [0, 0.1) is 0 Å². The van der Waals surface area contributed by atoms with Gasteiger partial charge >= 0.3 is 5.69 Å². The fourth-order valence-corrected chi connectivity index (χ4v) is 3.65. The van der Waals surface area contributed by atoms with E-state index in [0.717, 1.165) is 19.3 Å². The number of thioether (sulfide) groups is 1. The van der Waals surface area contributed by atoms with Crippen LogP contribution in [0.3, 0.4) is 0 Å². The molecular weight excluding hydrogens is 272 g/mol. The highest BCUT2D eigenvalue weighted by atomic mass is 35.5. The monoisotopic (exact) mass is 288 g/mol. The van der Waals surface area contributed by atoms with Crippen LogP contribution in [-0.2, 0) is 6.42 Å².